The van der Waals surface area contributed by atoms with Crippen molar-refractivity contribution in [2.45, 2.75) is 45.2 Å². The second-order valence-corrected chi connectivity index (χ2v) is 5.89. The second kappa shape index (κ2) is 9.19. The van der Waals surface area contributed by atoms with Crippen LogP contribution in [0.25, 0.3) is 0 Å². The average Bonchev–Trinajstić information content (AvgIpc) is 2.55. The fraction of sp³-hybridized carbons (Fsp3) is 0.667. The Kier molecular flexibility index (Phi) is 7.20. The Morgan fingerprint density at radius 1 is 1.19 bits per heavy atom. The topological polar surface area (TPSA) is 24.5 Å². The molecule has 0 spiro atoms. The molecule has 0 aromatic heterocycles. The number of rotatable bonds is 8. The summed E-state index contributed by atoms with van der Waals surface area (Å²) in [4.78, 5) is 2.60. The first kappa shape index (κ1) is 16.5. The minimum atomic E-state index is 0.449. The lowest BCUT2D eigenvalue weighted by molar-refractivity contribution is 0.0629. The third-order valence-corrected chi connectivity index (χ3v) is 4.37. The van der Waals surface area contributed by atoms with Gasteiger partial charge in [-0.1, -0.05) is 50.6 Å². The Balaban J connectivity index is 1.84. The van der Waals surface area contributed by atoms with E-state index in [-0.39, 0.29) is 0 Å². The second-order valence-electron chi connectivity index (χ2n) is 5.89. The summed E-state index contributed by atoms with van der Waals surface area (Å²) in [5, 5.41) is 3.69. The first-order chi connectivity index (χ1) is 10.3. The summed E-state index contributed by atoms with van der Waals surface area (Å²) < 4.78 is 5.75. The highest BCUT2D eigenvalue weighted by molar-refractivity contribution is 5.20. The lowest BCUT2D eigenvalue weighted by atomic mass is 10.0. The standard InChI is InChI=1S/C18H30N2O/c1-3-5-12-21-13-11-20-15-18(19-14-17(20)4-2)16-9-7-6-8-10-16/h6-10,17-19H,3-5,11-15H2,1-2H3. The van der Waals surface area contributed by atoms with Crippen molar-refractivity contribution in [2.24, 2.45) is 0 Å². The highest BCUT2D eigenvalue weighted by atomic mass is 16.5. The number of hydrogen-bond donors (Lipinski definition) is 1. The number of unbranched alkanes of at least 4 members (excludes halogenated alkanes) is 1. The van der Waals surface area contributed by atoms with E-state index in [2.05, 4.69) is 54.4 Å². The van der Waals surface area contributed by atoms with Crippen LogP contribution in [0.1, 0.15) is 44.7 Å². The summed E-state index contributed by atoms with van der Waals surface area (Å²) in [7, 11) is 0. The molecule has 0 saturated carbocycles. The number of hydrogen-bond acceptors (Lipinski definition) is 3. The predicted molar refractivity (Wildman–Crippen MR) is 88.6 cm³/mol. The normalized spacial score (nSPS) is 23.3. The van der Waals surface area contributed by atoms with Crippen LogP contribution in [0.2, 0.25) is 0 Å². The van der Waals surface area contributed by atoms with Crippen LogP contribution in [0.5, 0.6) is 0 Å². The SMILES string of the molecule is CCCCOCCN1CC(c2ccccc2)NCC1CC. The minimum Gasteiger partial charge on any atom is -0.380 e. The molecule has 21 heavy (non-hydrogen) atoms. The minimum absolute atomic E-state index is 0.449. The Morgan fingerprint density at radius 2 is 2.00 bits per heavy atom. The smallest absolute Gasteiger partial charge is 0.0593 e. The predicted octanol–water partition coefficient (Wildman–Crippen LogP) is 3.23. The third-order valence-electron chi connectivity index (χ3n) is 4.37. The molecule has 2 rings (SSSR count). The average molecular weight is 290 g/mol. The largest absolute Gasteiger partial charge is 0.380 e. The summed E-state index contributed by atoms with van der Waals surface area (Å²) in [6.07, 6.45) is 3.58. The van der Waals surface area contributed by atoms with Gasteiger partial charge in [0.15, 0.2) is 0 Å². The lowest BCUT2D eigenvalue weighted by Gasteiger charge is -2.40. The van der Waals surface area contributed by atoms with E-state index in [1.807, 2.05) is 0 Å². The van der Waals surface area contributed by atoms with Gasteiger partial charge in [0.25, 0.3) is 0 Å². The van der Waals surface area contributed by atoms with E-state index in [4.69, 9.17) is 4.74 Å². The first-order valence-corrected chi connectivity index (χ1v) is 8.45. The van der Waals surface area contributed by atoms with Crippen molar-refractivity contribution >= 4 is 0 Å². The van der Waals surface area contributed by atoms with Crippen molar-refractivity contribution in [3.05, 3.63) is 35.9 Å². The summed E-state index contributed by atoms with van der Waals surface area (Å²) in [6.45, 7) is 9.45. The molecule has 0 aliphatic carbocycles. The van der Waals surface area contributed by atoms with Crippen molar-refractivity contribution in [3.8, 4) is 0 Å². The van der Waals surface area contributed by atoms with Crippen LogP contribution in [0, 0.1) is 0 Å². The van der Waals surface area contributed by atoms with Gasteiger partial charge in [-0.3, -0.25) is 4.90 Å². The molecule has 1 fully saturated rings. The molecule has 1 aromatic carbocycles. The van der Waals surface area contributed by atoms with E-state index in [0.29, 0.717) is 12.1 Å². The number of nitrogens with one attached hydrogen (secondary N) is 1. The zero-order valence-corrected chi connectivity index (χ0v) is 13.6. The zero-order chi connectivity index (χ0) is 14.9. The molecule has 0 amide bonds. The van der Waals surface area contributed by atoms with Crippen LogP contribution in [-0.4, -0.2) is 43.8 Å². The van der Waals surface area contributed by atoms with E-state index in [9.17, 15) is 0 Å². The first-order valence-electron chi connectivity index (χ1n) is 8.45. The molecular weight excluding hydrogens is 260 g/mol. The molecular formula is C18H30N2O. The summed E-state index contributed by atoms with van der Waals surface area (Å²) >= 11 is 0. The molecule has 2 unspecified atom stereocenters. The molecule has 0 radical (unpaired) electrons. The fourth-order valence-corrected chi connectivity index (χ4v) is 2.97. The summed E-state index contributed by atoms with van der Waals surface area (Å²) in [5.74, 6) is 0. The fourth-order valence-electron chi connectivity index (χ4n) is 2.97. The van der Waals surface area contributed by atoms with Gasteiger partial charge in [-0.25, -0.2) is 0 Å². The van der Waals surface area contributed by atoms with Crippen molar-refractivity contribution in [1.29, 1.82) is 0 Å². The third kappa shape index (κ3) is 5.10. The molecule has 1 saturated heterocycles. The van der Waals surface area contributed by atoms with Crippen LogP contribution in [0.4, 0.5) is 0 Å². The molecule has 2 atom stereocenters. The molecule has 3 nitrogen and oxygen atoms in total. The highest BCUT2D eigenvalue weighted by Crippen LogP contribution is 2.20. The van der Waals surface area contributed by atoms with E-state index in [1.54, 1.807) is 0 Å². The van der Waals surface area contributed by atoms with Crippen molar-refractivity contribution in [1.82, 2.24) is 10.2 Å². The number of piperazine rings is 1. The van der Waals surface area contributed by atoms with Gasteiger partial charge >= 0.3 is 0 Å². The van der Waals surface area contributed by atoms with Crippen molar-refractivity contribution in [3.63, 3.8) is 0 Å². The van der Waals surface area contributed by atoms with Crippen LogP contribution in [-0.2, 0) is 4.74 Å². The molecule has 1 heterocycles. The van der Waals surface area contributed by atoms with Gasteiger partial charge in [-0.15, -0.1) is 0 Å². The van der Waals surface area contributed by atoms with Crippen LogP contribution < -0.4 is 5.32 Å². The molecule has 1 aromatic rings. The van der Waals surface area contributed by atoms with Crippen molar-refractivity contribution in [2.75, 3.05) is 32.8 Å². The Morgan fingerprint density at radius 3 is 2.71 bits per heavy atom. The van der Waals surface area contributed by atoms with Gasteiger partial charge < -0.3 is 10.1 Å². The molecule has 118 valence electrons. The summed E-state index contributed by atoms with van der Waals surface area (Å²) in [6, 6.07) is 11.9. The van der Waals surface area contributed by atoms with E-state index < -0.39 is 0 Å². The maximum Gasteiger partial charge on any atom is 0.0593 e. The Labute approximate surface area is 129 Å². The molecule has 1 N–H and O–H groups in total. The summed E-state index contributed by atoms with van der Waals surface area (Å²) in [5.41, 5.74) is 1.39. The Bertz CT molecular complexity index is 382. The van der Waals surface area contributed by atoms with E-state index in [0.717, 1.165) is 32.8 Å². The van der Waals surface area contributed by atoms with Gasteiger partial charge in [0.05, 0.1) is 6.61 Å². The van der Waals surface area contributed by atoms with Gasteiger partial charge in [-0.05, 0) is 18.4 Å². The number of ether oxygens (including phenoxy) is 1. The Hall–Kier alpha value is -0.900. The van der Waals surface area contributed by atoms with Gasteiger partial charge in [0.2, 0.25) is 0 Å². The maximum absolute atomic E-state index is 5.75. The number of nitrogens with zero attached hydrogens (tertiary/aromatic N) is 1. The number of benzene rings is 1. The maximum atomic E-state index is 5.75. The van der Waals surface area contributed by atoms with Gasteiger partial charge in [0.1, 0.15) is 0 Å². The molecule has 1 aliphatic rings. The zero-order valence-electron chi connectivity index (χ0n) is 13.6. The van der Waals surface area contributed by atoms with Crippen LogP contribution in [0.15, 0.2) is 30.3 Å². The van der Waals surface area contributed by atoms with Crippen molar-refractivity contribution < 1.29 is 4.74 Å². The van der Waals surface area contributed by atoms with Crippen LogP contribution >= 0.6 is 0 Å². The van der Waals surface area contributed by atoms with Crippen LogP contribution in [0.3, 0.4) is 0 Å². The van der Waals surface area contributed by atoms with Gasteiger partial charge in [-0.2, -0.15) is 0 Å². The highest BCUT2D eigenvalue weighted by Gasteiger charge is 2.26. The molecule has 3 heteroatoms. The monoisotopic (exact) mass is 290 g/mol. The van der Waals surface area contributed by atoms with E-state index >= 15 is 0 Å². The quantitative estimate of drug-likeness (QED) is 0.744. The van der Waals surface area contributed by atoms with E-state index in [1.165, 1.54) is 24.8 Å². The van der Waals surface area contributed by atoms with Gasteiger partial charge in [0, 0.05) is 38.3 Å². The molecule has 1 aliphatic heterocycles. The lowest BCUT2D eigenvalue weighted by Crippen LogP contribution is -2.53. The molecule has 0 bridgehead atoms.